The van der Waals surface area contributed by atoms with Crippen LogP contribution in [0.25, 0.3) is 0 Å². The highest BCUT2D eigenvalue weighted by Gasteiger charge is 2.36. The second-order valence-corrected chi connectivity index (χ2v) is 4.28. The van der Waals surface area contributed by atoms with E-state index in [1.54, 1.807) is 0 Å². The van der Waals surface area contributed by atoms with E-state index in [0.29, 0.717) is 6.07 Å². The van der Waals surface area contributed by atoms with Gasteiger partial charge in [-0.1, -0.05) is 0 Å². The van der Waals surface area contributed by atoms with Gasteiger partial charge in [0.25, 0.3) is 0 Å². The van der Waals surface area contributed by atoms with Crippen LogP contribution in [0.1, 0.15) is 5.56 Å². The molecule has 0 nitrogen and oxygen atoms in total. The minimum absolute atomic E-state index is 0.382. The van der Waals surface area contributed by atoms with E-state index in [9.17, 15) is 22.0 Å². The molecule has 78 valence electrons. The second-order valence-electron chi connectivity index (χ2n) is 2.35. The summed E-state index contributed by atoms with van der Waals surface area (Å²) in [7, 11) is 0. The first-order valence-corrected chi connectivity index (χ1v) is 5.02. The Morgan fingerprint density at radius 2 is 1.64 bits per heavy atom. The average Bonchev–Trinajstić information content (AvgIpc) is 2.06. The molecule has 1 aromatic carbocycles. The van der Waals surface area contributed by atoms with Crippen molar-refractivity contribution in [3.63, 3.8) is 0 Å². The minimum Gasteiger partial charge on any atom is -0.205 e. The molecule has 0 saturated carbocycles. The Hall–Kier alpha value is 0.0800. The number of benzene rings is 1. The molecule has 1 rings (SSSR count). The van der Waals surface area contributed by atoms with E-state index >= 15 is 0 Å². The first-order chi connectivity index (χ1) is 6.25. The Morgan fingerprint density at radius 3 is 2.07 bits per heavy atom. The maximum Gasteiger partial charge on any atom is 0.419 e. The van der Waals surface area contributed by atoms with E-state index in [-0.39, 0.29) is 0 Å². The fourth-order valence-electron chi connectivity index (χ4n) is 0.779. The largest absolute Gasteiger partial charge is 0.419 e. The zero-order valence-electron chi connectivity index (χ0n) is 6.22. The van der Waals surface area contributed by atoms with Crippen LogP contribution in [-0.2, 0) is 6.18 Å². The van der Waals surface area contributed by atoms with Gasteiger partial charge in [0.15, 0.2) is 11.6 Å². The first kappa shape index (κ1) is 12.2. The van der Waals surface area contributed by atoms with Crippen molar-refractivity contribution in [2.75, 3.05) is 0 Å². The third kappa shape index (κ3) is 2.18. The van der Waals surface area contributed by atoms with Gasteiger partial charge in [-0.15, -0.1) is 0 Å². The lowest BCUT2D eigenvalue weighted by atomic mass is 10.2. The zero-order valence-corrected chi connectivity index (χ0v) is 9.97. The predicted molar refractivity (Wildman–Crippen MR) is 51.8 cm³/mol. The Balaban J connectivity index is 3.49. The van der Waals surface area contributed by atoms with Crippen molar-refractivity contribution >= 4 is 38.5 Å². The smallest absolute Gasteiger partial charge is 0.205 e. The number of rotatable bonds is 0. The van der Waals surface area contributed by atoms with Crippen molar-refractivity contribution in [2.45, 2.75) is 6.18 Å². The quantitative estimate of drug-likeness (QED) is 0.269. The molecular weight excluding hydrogens is 386 g/mol. The fraction of sp³-hybridized carbons (Fsp3) is 0.143. The van der Waals surface area contributed by atoms with Crippen LogP contribution in [0.5, 0.6) is 0 Å². The SMILES string of the molecule is Fc1c(Br)cc(C(F)(F)F)c(F)c1I. The molecule has 0 atom stereocenters. The third-order valence-electron chi connectivity index (χ3n) is 1.41. The molecule has 1 aromatic rings. The Bertz CT molecular complexity index is 373. The summed E-state index contributed by atoms with van der Waals surface area (Å²) in [4.78, 5) is 0. The van der Waals surface area contributed by atoms with Gasteiger partial charge in [-0.3, -0.25) is 0 Å². The molecule has 0 fully saturated rings. The lowest BCUT2D eigenvalue weighted by molar-refractivity contribution is -0.140. The van der Waals surface area contributed by atoms with Gasteiger partial charge >= 0.3 is 6.18 Å². The summed E-state index contributed by atoms with van der Waals surface area (Å²) < 4.78 is 61.2. The van der Waals surface area contributed by atoms with Crippen molar-refractivity contribution in [1.82, 2.24) is 0 Å². The predicted octanol–water partition coefficient (Wildman–Crippen LogP) is 4.35. The van der Waals surface area contributed by atoms with Crippen molar-refractivity contribution in [2.24, 2.45) is 0 Å². The van der Waals surface area contributed by atoms with Crippen LogP contribution in [0.15, 0.2) is 10.5 Å². The minimum atomic E-state index is -4.82. The van der Waals surface area contributed by atoms with Crippen LogP contribution in [0, 0.1) is 15.2 Å². The number of hydrogen-bond donors (Lipinski definition) is 0. The highest BCUT2D eigenvalue weighted by molar-refractivity contribution is 14.1. The van der Waals surface area contributed by atoms with Crippen molar-refractivity contribution in [3.8, 4) is 0 Å². The molecule has 0 amide bonds. The van der Waals surface area contributed by atoms with Crippen LogP contribution in [0.3, 0.4) is 0 Å². The normalized spacial score (nSPS) is 11.9. The lowest BCUT2D eigenvalue weighted by Gasteiger charge is -2.10. The Morgan fingerprint density at radius 1 is 1.14 bits per heavy atom. The van der Waals surface area contributed by atoms with Gasteiger partial charge in [-0.2, -0.15) is 13.2 Å². The van der Waals surface area contributed by atoms with Gasteiger partial charge in [0.05, 0.1) is 13.6 Å². The highest BCUT2D eigenvalue weighted by Crippen LogP contribution is 2.36. The molecule has 0 bridgehead atoms. The van der Waals surface area contributed by atoms with Crippen LogP contribution < -0.4 is 0 Å². The third-order valence-corrected chi connectivity index (χ3v) is 2.93. The van der Waals surface area contributed by atoms with Crippen LogP contribution >= 0.6 is 38.5 Å². The van der Waals surface area contributed by atoms with E-state index < -0.39 is 31.4 Å². The van der Waals surface area contributed by atoms with E-state index in [1.165, 1.54) is 22.6 Å². The average molecular weight is 387 g/mol. The van der Waals surface area contributed by atoms with Crippen LogP contribution in [0.4, 0.5) is 22.0 Å². The molecule has 0 aliphatic carbocycles. The zero-order chi connectivity index (χ0) is 11.1. The maximum absolute atomic E-state index is 13.0. The molecule has 0 unspecified atom stereocenters. The molecule has 0 saturated heterocycles. The number of hydrogen-bond acceptors (Lipinski definition) is 0. The fourth-order valence-corrected chi connectivity index (χ4v) is 2.16. The highest BCUT2D eigenvalue weighted by atomic mass is 127. The van der Waals surface area contributed by atoms with Crippen LogP contribution in [0.2, 0.25) is 0 Å². The van der Waals surface area contributed by atoms with E-state index in [2.05, 4.69) is 15.9 Å². The first-order valence-electron chi connectivity index (χ1n) is 3.15. The lowest BCUT2D eigenvalue weighted by Crippen LogP contribution is -2.10. The molecule has 0 aliphatic heterocycles. The van der Waals surface area contributed by atoms with Gasteiger partial charge in [0, 0.05) is 0 Å². The molecule has 0 aromatic heterocycles. The van der Waals surface area contributed by atoms with Crippen LogP contribution in [-0.4, -0.2) is 0 Å². The molecule has 14 heavy (non-hydrogen) atoms. The van der Waals surface area contributed by atoms with E-state index in [4.69, 9.17) is 0 Å². The van der Waals surface area contributed by atoms with Gasteiger partial charge in [0.2, 0.25) is 0 Å². The summed E-state index contributed by atoms with van der Waals surface area (Å²) in [5.41, 5.74) is -1.48. The molecule has 0 spiro atoms. The summed E-state index contributed by atoms with van der Waals surface area (Å²) in [6, 6.07) is 0.382. The van der Waals surface area contributed by atoms with E-state index in [0.717, 1.165) is 0 Å². The summed E-state index contributed by atoms with van der Waals surface area (Å²) in [5, 5.41) is 0. The van der Waals surface area contributed by atoms with Crippen molar-refractivity contribution < 1.29 is 22.0 Å². The standard InChI is InChI=1S/C7HBrF5I/c8-3-1-2(7(11,12)13)4(9)6(14)5(3)10/h1H. The monoisotopic (exact) mass is 386 g/mol. The van der Waals surface area contributed by atoms with Gasteiger partial charge < -0.3 is 0 Å². The molecule has 0 radical (unpaired) electrons. The summed E-state index contributed by atoms with van der Waals surface area (Å²) >= 11 is 3.76. The molecule has 0 N–H and O–H groups in total. The number of halogens is 7. The van der Waals surface area contributed by atoms with E-state index in [1.807, 2.05) is 0 Å². The summed E-state index contributed by atoms with van der Waals surface area (Å²) in [5.74, 6) is -2.62. The topological polar surface area (TPSA) is 0 Å². The number of alkyl halides is 3. The van der Waals surface area contributed by atoms with Gasteiger partial charge in [-0.25, -0.2) is 8.78 Å². The van der Waals surface area contributed by atoms with Gasteiger partial charge in [0.1, 0.15) is 0 Å². The summed E-state index contributed by atoms with van der Waals surface area (Å²) in [6.07, 6.45) is -4.82. The van der Waals surface area contributed by atoms with Crippen molar-refractivity contribution in [1.29, 1.82) is 0 Å². The molecule has 0 heterocycles. The summed E-state index contributed by atoms with van der Waals surface area (Å²) in [6.45, 7) is 0. The molecule has 0 aliphatic rings. The maximum atomic E-state index is 13.0. The van der Waals surface area contributed by atoms with Crippen molar-refractivity contribution in [3.05, 3.63) is 31.3 Å². The Kier molecular flexibility index (Phi) is 3.40. The second kappa shape index (κ2) is 3.92. The molecule has 7 heteroatoms. The van der Waals surface area contributed by atoms with Gasteiger partial charge in [-0.05, 0) is 44.6 Å². The molecular formula is C7HBrF5I. The Labute approximate surface area is 97.8 Å².